The van der Waals surface area contributed by atoms with E-state index >= 15 is 0 Å². The molecule has 1 amide bonds. The van der Waals surface area contributed by atoms with E-state index in [1.807, 2.05) is 37.3 Å². The Morgan fingerprint density at radius 1 is 1.32 bits per heavy atom. The van der Waals surface area contributed by atoms with Crippen LogP contribution in [-0.2, 0) is 6.42 Å². The van der Waals surface area contributed by atoms with Crippen LogP contribution in [0, 0.1) is 0 Å². The fourth-order valence-electron chi connectivity index (χ4n) is 1.85. The minimum absolute atomic E-state index is 0.0377. The maximum Gasteiger partial charge on any atom is 0.270 e. The molecule has 0 radical (unpaired) electrons. The van der Waals surface area contributed by atoms with E-state index in [9.17, 15) is 4.79 Å². The Morgan fingerprint density at radius 2 is 2.05 bits per heavy atom. The van der Waals surface area contributed by atoms with Gasteiger partial charge in [-0.3, -0.25) is 9.78 Å². The van der Waals surface area contributed by atoms with Gasteiger partial charge in [-0.2, -0.15) is 0 Å². The second kappa shape index (κ2) is 6.34. The van der Waals surface area contributed by atoms with Crippen molar-refractivity contribution < 1.29 is 4.79 Å². The Hall–Kier alpha value is -1.87. The number of benzene rings is 1. The van der Waals surface area contributed by atoms with Crippen molar-refractivity contribution in [1.29, 1.82) is 0 Å². The second-order valence-electron chi connectivity index (χ2n) is 4.42. The van der Waals surface area contributed by atoms with Crippen LogP contribution >= 0.6 is 11.6 Å². The maximum absolute atomic E-state index is 12.0. The number of carbonyl (C=O) groups excluding carboxylic acids is 1. The predicted molar refractivity (Wildman–Crippen MR) is 76.3 cm³/mol. The van der Waals surface area contributed by atoms with E-state index < -0.39 is 0 Å². The number of nitrogens with zero attached hydrogens (tertiary/aromatic N) is 1. The molecule has 1 aromatic carbocycles. The number of nitrogens with one attached hydrogen (secondary N) is 1. The summed E-state index contributed by atoms with van der Waals surface area (Å²) in [6.45, 7) is 1.97. The van der Waals surface area contributed by atoms with Gasteiger partial charge in [0.2, 0.25) is 0 Å². The minimum atomic E-state index is -0.203. The molecule has 0 bridgehead atoms. The van der Waals surface area contributed by atoms with Crippen LogP contribution in [0.5, 0.6) is 0 Å². The molecule has 19 heavy (non-hydrogen) atoms. The van der Waals surface area contributed by atoms with Gasteiger partial charge in [-0.25, -0.2) is 0 Å². The molecule has 1 atom stereocenters. The number of hydrogen-bond acceptors (Lipinski definition) is 2. The van der Waals surface area contributed by atoms with E-state index in [2.05, 4.69) is 10.3 Å². The van der Waals surface area contributed by atoms with Gasteiger partial charge in [-0.1, -0.05) is 41.9 Å². The third-order valence-electron chi connectivity index (χ3n) is 2.72. The smallest absolute Gasteiger partial charge is 0.270 e. The first-order valence-corrected chi connectivity index (χ1v) is 6.49. The molecule has 1 heterocycles. The lowest BCUT2D eigenvalue weighted by Gasteiger charge is -2.13. The van der Waals surface area contributed by atoms with Gasteiger partial charge < -0.3 is 5.32 Å². The molecule has 0 aliphatic carbocycles. The lowest BCUT2D eigenvalue weighted by molar-refractivity contribution is 0.0935. The van der Waals surface area contributed by atoms with Crippen molar-refractivity contribution in [1.82, 2.24) is 10.3 Å². The maximum atomic E-state index is 12.0. The molecule has 0 aliphatic rings. The summed E-state index contributed by atoms with van der Waals surface area (Å²) >= 11 is 5.84. The average Bonchev–Trinajstić information content (AvgIpc) is 2.39. The minimum Gasteiger partial charge on any atom is -0.348 e. The number of hydrogen-bond donors (Lipinski definition) is 1. The lowest BCUT2D eigenvalue weighted by atomic mass is 10.1. The van der Waals surface area contributed by atoms with Crippen molar-refractivity contribution in [3.63, 3.8) is 0 Å². The van der Waals surface area contributed by atoms with Crippen molar-refractivity contribution in [2.24, 2.45) is 0 Å². The van der Waals surface area contributed by atoms with Crippen molar-refractivity contribution in [3.05, 3.63) is 64.9 Å². The van der Waals surface area contributed by atoms with Crippen LogP contribution in [0.25, 0.3) is 0 Å². The van der Waals surface area contributed by atoms with Crippen LogP contribution in [-0.4, -0.2) is 16.9 Å². The van der Waals surface area contributed by atoms with E-state index in [1.165, 1.54) is 11.8 Å². The Kier molecular flexibility index (Phi) is 4.53. The Labute approximate surface area is 117 Å². The summed E-state index contributed by atoms with van der Waals surface area (Å²) in [6, 6.07) is 13.3. The number of aromatic nitrogens is 1. The zero-order chi connectivity index (χ0) is 13.7. The highest BCUT2D eigenvalue weighted by Gasteiger charge is 2.11. The predicted octanol–water partition coefficient (Wildman–Crippen LogP) is 3.10. The molecule has 0 aliphatic heterocycles. The Morgan fingerprint density at radius 3 is 2.74 bits per heavy atom. The van der Waals surface area contributed by atoms with E-state index in [0.29, 0.717) is 10.7 Å². The van der Waals surface area contributed by atoms with Crippen LogP contribution in [0.15, 0.2) is 48.7 Å². The van der Waals surface area contributed by atoms with Crippen LogP contribution in [0.1, 0.15) is 23.0 Å². The molecule has 0 fully saturated rings. The van der Waals surface area contributed by atoms with Gasteiger partial charge in [0.1, 0.15) is 5.69 Å². The normalized spacial score (nSPS) is 11.9. The standard InChI is InChI=1S/C15H15ClN2O/c1-11(9-12-5-3-2-4-6-12)18-15(19)14-10-13(16)7-8-17-14/h2-8,10-11H,9H2,1H3,(H,18,19). The first-order chi connectivity index (χ1) is 9.15. The summed E-state index contributed by atoms with van der Waals surface area (Å²) in [4.78, 5) is 16.0. The molecule has 98 valence electrons. The van der Waals surface area contributed by atoms with Crippen LogP contribution in [0.4, 0.5) is 0 Å². The SMILES string of the molecule is CC(Cc1ccccc1)NC(=O)c1cc(Cl)ccn1. The fourth-order valence-corrected chi connectivity index (χ4v) is 2.01. The highest BCUT2D eigenvalue weighted by atomic mass is 35.5. The topological polar surface area (TPSA) is 42.0 Å². The van der Waals surface area contributed by atoms with Crippen LogP contribution in [0.3, 0.4) is 0 Å². The summed E-state index contributed by atoms with van der Waals surface area (Å²) in [5.74, 6) is -0.203. The van der Waals surface area contributed by atoms with E-state index in [4.69, 9.17) is 11.6 Å². The van der Waals surface area contributed by atoms with E-state index in [-0.39, 0.29) is 11.9 Å². The van der Waals surface area contributed by atoms with Gasteiger partial charge in [0.25, 0.3) is 5.91 Å². The Bertz CT molecular complexity index is 557. The number of amides is 1. The molecule has 4 heteroatoms. The Balaban J connectivity index is 1.95. The molecule has 0 saturated carbocycles. The largest absolute Gasteiger partial charge is 0.348 e. The average molecular weight is 275 g/mol. The van der Waals surface area contributed by atoms with E-state index in [1.54, 1.807) is 12.1 Å². The first kappa shape index (κ1) is 13.6. The van der Waals surface area contributed by atoms with Crippen molar-refractivity contribution >= 4 is 17.5 Å². The first-order valence-electron chi connectivity index (χ1n) is 6.11. The summed E-state index contributed by atoms with van der Waals surface area (Å²) in [7, 11) is 0. The molecule has 0 saturated heterocycles. The fraction of sp³-hybridized carbons (Fsp3) is 0.200. The van der Waals surface area contributed by atoms with Crippen LogP contribution in [0.2, 0.25) is 5.02 Å². The highest BCUT2D eigenvalue weighted by Crippen LogP contribution is 2.08. The lowest BCUT2D eigenvalue weighted by Crippen LogP contribution is -2.34. The molecule has 1 aromatic heterocycles. The number of rotatable bonds is 4. The highest BCUT2D eigenvalue weighted by molar-refractivity contribution is 6.30. The van der Waals surface area contributed by atoms with E-state index in [0.717, 1.165) is 6.42 Å². The zero-order valence-electron chi connectivity index (χ0n) is 10.6. The zero-order valence-corrected chi connectivity index (χ0v) is 11.4. The van der Waals surface area contributed by atoms with Crippen molar-refractivity contribution in [3.8, 4) is 0 Å². The monoisotopic (exact) mass is 274 g/mol. The third kappa shape index (κ3) is 4.07. The quantitative estimate of drug-likeness (QED) is 0.931. The van der Waals surface area contributed by atoms with Crippen molar-refractivity contribution in [2.75, 3.05) is 0 Å². The summed E-state index contributed by atoms with van der Waals surface area (Å²) in [5.41, 5.74) is 1.53. The number of carbonyl (C=O) groups is 1. The molecule has 3 nitrogen and oxygen atoms in total. The summed E-state index contributed by atoms with van der Waals surface area (Å²) < 4.78 is 0. The molecular weight excluding hydrogens is 260 g/mol. The van der Waals surface area contributed by atoms with Gasteiger partial charge in [0.05, 0.1) is 0 Å². The van der Waals surface area contributed by atoms with Gasteiger partial charge in [-0.05, 0) is 31.0 Å². The summed E-state index contributed by atoms with van der Waals surface area (Å²) in [5, 5.41) is 3.42. The summed E-state index contributed by atoms with van der Waals surface area (Å²) in [6.07, 6.45) is 2.31. The van der Waals surface area contributed by atoms with Crippen LogP contribution < -0.4 is 5.32 Å². The van der Waals surface area contributed by atoms with Gasteiger partial charge in [-0.15, -0.1) is 0 Å². The third-order valence-corrected chi connectivity index (χ3v) is 2.95. The molecule has 1 unspecified atom stereocenters. The van der Waals surface area contributed by atoms with Gasteiger partial charge in [0.15, 0.2) is 0 Å². The molecule has 2 rings (SSSR count). The second-order valence-corrected chi connectivity index (χ2v) is 4.86. The molecule has 0 spiro atoms. The molecule has 1 N–H and O–H groups in total. The number of halogens is 1. The molecule has 2 aromatic rings. The number of pyridine rings is 1. The van der Waals surface area contributed by atoms with Gasteiger partial charge in [0, 0.05) is 17.3 Å². The van der Waals surface area contributed by atoms with Crippen molar-refractivity contribution in [2.45, 2.75) is 19.4 Å². The molecular formula is C15H15ClN2O. The van der Waals surface area contributed by atoms with Gasteiger partial charge >= 0.3 is 0 Å².